The van der Waals surface area contributed by atoms with Crippen molar-refractivity contribution >= 4 is 5.96 Å². The summed E-state index contributed by atoms with van der Waals surface area (Å²) in [6.45, 7) is 3.84. The van der Waals surface area contributed by atoms with E-state index in [2.05, 4.69) is 20.6 Å². The van der Waals surface area contributed by atoms with E-state index in [1.807, 2.05) is 61.5 Å². The van der Waals surface area contributed by atoms with Crippen molar-refractivity contribution in [2.24, 2.45) is 4.99 Å². The molecular formula is C21H24N4O2. The molecule has 0 radical (unpaired) electrons. The molecule has 0 amide bonds. The summed E-state index contributed by atoms with van der Waals surface area (Å²) in [7, 11) is 1.67. The number of aliphatic imine (C=N–C) groups is 1. The smallest absolute Gasteiger partial charge is 0.226 e. The number of guanidine groups is 1. The lowest BCUT2D eigenvalue weighted by atomic mass is 10.2. The second kappa shape index (κ2) is 9.43. The van der Waals surface area contributed by atoms with Crippen LogP contribution < -0.4 is 15.4 Å². The molecule has 0 fully saturated rings. The Morgan fingerprint density at radius 1 is 1.07 bits per heavy atom. The van der Waals surface area contributed by atoms with Crippen LogP contribution in [0.15, 0.2) is 70.3 Å². The molecule has 1 aromatic heterocycles. The quantitative estimate of drug-likeness (QED) is 0.495. The number of ether oxygens (including phenoxy) is 1. The van der Waals surface area contributed by atoms with Crippen LogP contribution in [0.3, 0.4) is 0 Å². The first-order valence-corrected chi connectivity index (χ1v) is 8.94. The van der Waals surface area contributed by atoms with E-state index in [0.29, 0.717) is 24.9 Å². The van der Waals surface area contributed by atoms with Crippen LogP contribution in [0.2, 0.25) is 0 Å². The zero-order valence-corrected chi connectivity index (χ0v) is 15.6. The first-order chi connectivity index (χ1) is 13.3. The fraction of sp³-hybridized carbons (Fsp3) is 0.238. The second-order valence-corrected chi connectivity index (χ2v) is 5.87. The molecule has 0 saturated heterocycles. The minimum Gasteiger partial charge on any atom is -0.496 e. The highest BCUT2D eigenvalue weighted by atomic mass is 16.5. The summed E-state index contributed by atoms with van der Waals surface area (Å²) in [6.07, 6.45) is 1.67. The van der Waals surface area contributed by atoms with Gasteiger partial charge in [-0.3, -0.25) is 0 Å². The number of nitrogens with zero attached hydrogens (tertiary/aromatic N) is 2. The summed E-state index contributed by atoms with van der Waals surface area (Å²) in [5, 5.41) is 6.52. The number of hydrogen-bond acceptors (Lipinski definition) is 4. The van der Waals surface area contributed by atoms with Gasteiger partial charge in [0, 0.05) is 17.7 Å². The van der Waals surface area contributed by atoms with E-state index in [9.17, 15) is 0 Å². The van der Waals surface area contributed by atoms with Crippen molar-refractivity contribution in [1.29, 1.82) is 0 Å². The Labute approximate surface area is 159 Å². The predicted molar refractivity (Wildman–Crippen MR) is 107 cm³/mol. The molecule has 0 atom stereocenters. The molecule has 1 heterocycles. The maximum atomic E-state index is 5.57. The van der Waals surface area contributed by atoms with E-state index in [1.54, 1.807) is 13.4 Å². The second-order valence-electron chi connectivity index (χ2n) is 5.87. The van der Waals surface area contributed by atoms with Crippen LogP contribution in [0.5, 0.6) is 5.75 Å². The van der Waals surface area contributed by atoms with Gasteiger partial charge in [-0.25, -0.2) is 9.98 Å². The van der Waals surface area contributed by atoms with E-state index in [1.165, 1.54) is 0 Å². The third-order valence-corrected chi connectivity index (χ3v) is 3.95. The summed E-state index contributed by atoms with van der Waals surface area (Å²) < 4.78 is 11.0. The van der Waals surface area contributed by atoms with Crippen LogP contribution in [0.1, 0.15) is 18.2 Å². The normalized spacial score (nSPS) is 11.3. The van der Waals surface area contributed by atoms with Crippen LogP contribution in [-0.4, -0.2) is 24.6 Å². The highest BCUT2D eigenvalue weighted by Gasteiger charge is 2.07. The Morgan fingerprint density at radius 2 is 1.85 bits per heavy atom. The fourth-order valence-corrected chi connectivity index (χ4v) is 2.62. The zero-order valence-electron chi connectivity index (χ0n) is 15.6. The molecule has 3 aromatic rings. The molecule has 0 aliphatic carbocycles. The summed E-state index contributed by atoms with van der Waals surface area (Å²) in [5.74, 6) is 2.16. The summed E-state index contributed by atoms with van der Waals surface area (Å²) in [6, 6.07) is 17.7. The first kappa shape index (κ1) is 18.5. The molecule has 0 saturated carbocycles. The maximum Gasteiger partial charge on any atom is 0.226 e. The summed E-state index contributed by atoms with van der Waals surface area (Å²) in [4.78, 5) is 9.15. The highest BCUT2D eigenvalue weighted by molar-refractivity contribution is 5.79. The van der Waals surface area contributed by atoms with E-state index >= 15 is 0 Å². The standard InChI is InChI=1S/C21H24N4O2/c1-3-22-21(23-13-17-11-7-8-12-19(17)26-2)24-14-18-15-27-20(25-18)16-9-5-4-6-10-16/h4-12,15H,3,13-14H2,1-2H3,(H2,22,23,24). The number of methoxy groups -OCH3 is 1. The minimum atomic E-state index is 0.521. The van der Waals surface area contributed by atoms with E-state index < -0.39 is 0 Å². The van der Waals surface area contributed by atoms with E-state index in [4.69, 9.17) is 9.15 Å². The van der Waals surface area contributed by atoms with Gasteiger partial charge in [-0.1, -0.05) is 36.4 Å². The topological polar surface area (TPSA) is 71.7 Å². The number of benzene rings is 2. The van der Waals surface area contributed by atoms with Crippen molar-refractivity contribution in [2.45, 2.75) is 20.0 Å². The largest absolute Gasteiger partial charge is 0.496 e. The Hall–Kier alpha value is -3.28. The average molecular weight is 364 g/mol. The number of para-hydroxylation sites is 1. The molecule has 2 aromatic carbocycles. The van der Waals surface area contributed by atoms with Gasteiger partial charge in [0.25, 0.3) is 0 Å². The summed E-state index contributed by atoms with van der Waals surface area (Å²) >= 11 is 0. The molecule has 0 aliphatic rings. The molecule has 2 N–H and O–H groups in total. The van der Waals surface area contributed by atoms with Gasteiger partial charge in [-0.2, -0.15) is 0 Å². The predicted octanol–water partition coefficient (Wildman–Crippen LogP) is 3.61. The van der Waals surface area contributed by atoms with Crippen LogP contribution in [-0.2, 0) is 13.1 Å². The van der Waals surface area contributed by atoms with Gasteiger partial charge < -0.3 is 19.8 Å². The Bertz CT molecular complexity index is 875. The van der Waals surface area contributed by atoms with Crippen molar-refractivity contribution in [2.75, 3.05) is 13.7 Å². The molecule has 0 spiro atoms. The third-order valence-electron chi connectivity index (χ3n) is 3.95. The van der Waals surface area contributed by atoms with Gasteiger partial charge in [-0.05, 0) is 25.1 Å². The molecular weight excluding hydrogens is 340 g/mol. The lowest BCUT2D eigenvalue weighted by molar-refractivity contribution is 0.410. The SMILES string of the molecule is CCNC(=NCc1ccccc1OC)NCc1coc(-c2ccccc2)n1. The lowest BCUT2D eigenvalue weighted by Gasteiger charge is -2.11. The number of nitrogens with one attached hydrogen (secondary N) is 2. The van der Waals surface area contributed by atoms with Gasteiger partial charge in [0.1, 0.15) is 12.0 Å². The third kappa shape index (κ3) is 5.10. The number of rotatable bonds is 7. The van der Waals surface area contributed by atoms with Crippen molar-refractivity contribution in [3.05, 3.63) is 72.1 Å². The first-order valence-electron chi connectivity index (χ1n) is 8.94. The Balaban J connectivity index is 1.64. The Morgan fingerprint density at radius 3 is 2.63 bits per heavy atom. The maximum absolute atomic E-state index is 5.57. The molecule has 0 unspecified atom stereocenters. The van der Waals surface area contributed by atoms with Gasteiger partial charge >= 0.3 is 0 Å². The number of aromatic nitrogens is 1. The molecule has 0 aliphatic heterocycles. The van der Waals surface area contributed by atoms with Crippen LogP contribution in [0.4, 0.5) is 0 Å². The van der Waals surface area contributed by atoms with Gasteiger partial charge in [-0.15, -0.1) is 0 Å². The Kier molecular flexibility index (Phi) is 6.46. The molecule has 3 rings (SSSR count). The zero-order chi connectivity index (χ0) is 18.9. The molecule has 27 heavy (non-hydrogen) atoms. The number of hydrogen-bond donors (Lipinski definition) is 2. The van der Waals surface area contributed by atoms with E-state index in [-0.39, 0.29) is 0 Å². The van der Waals surface area contributed by atoms with Crippen LogP contribution in [0.25, 0.3) is 11.5 Å². The molecule has 6 nitrogen and oxygen atoms in total. The van der Waals surface area contributed by atoms with Crippen molar-refractivity contribution in [1.82, 2.24) is 15.6 Å². The minimum absolute atomic E-state index is 0.521. The van der Waals surface area contributed by atoms with Crippen molar-refractivity contribution in [3.8, 4) is 17.2 Å². The lowest BCUT2D eigenvalue weighted by Crippen LogP contribution is -2.36. The molecule has 0 bridgehead atoms. The molecule has 140 valence electrons. The van der Waals surface area contributed by atoms with Crippen LogP contribution >= 0.6 is 0 Å². The van der Waals surface area contributed by atoms with Gasteiger partial charge in [0.2, 0.25) is 5.89 Å². The van der Waals surface area contributed by atoms with Crippen molar-refractivity contribution in [3.63, 3.8) is 0 Å². The fourth-order valence-electron chi connectivity index (χ4n) is 2.62. The van der Waals surface area contributed by atoms with E-state index in [0.717, 1.165) is 29.1 Å². The van der Waals surface area contributed by atoms with Crippen molar-refractivity contribution < 1.29 is 9.15 Å². The monoisotopic (exact) mass is 364 g/mol. The highest BCUT2D eigenvalue weighted by Crippen LogP contribution is 2.19. The molecule has 6 heteroatoms. The van der Waals surface area contributed by atoms with Crippen LogP contribution in [0, 0.1) is 0 Å². The van der Waals surface area contributed by atoms with Gasteiger partial charge in [0.05, 0.1) is 25.9 Å². The van der Waals surface area contributed by atoms with Gasteiger partial charge in [0.15, 0.2) is 5.96 Å². The number of oxazole rings is 1. The average Bonchev–Trinajstić information content (AvgIpc) is 3.20. The summed E-state index contributed by atoms with van der Waals surface area (Å²) in [5.41, 5.74) is 2.81.